The van der Waals surface area contributed by atoms with E-state index in [4.69, 9.17) is 9.44 Å². The quantitative estimate of drug-likeness (QED) is 0.268. The highest BCUT2D eigenvalue weighted by Gasteiger charge is 2.13. The van der Waals surface area contributed by atoms with Crippen molar-refractivity contribution in [2.75, 3.05) is 10.2 Å². The van der Waals surface area contributed by atoms with Gasteiger partial charge in [-0.2, -0.15) is 8.42 Å². The van der Waals surface area contributed by atoms with Crippen molar-refractivity contribution in [2.24, 2.45) is 0 Å². The molecular formula is C9H12INO5S. The van der Waals surface area contributed by atoms with Gasteiger partial charge in [0.25, 0.3) is 0 Å². The molecular weight excluding hydrogens is 361 g/mol. The third-order valence-corrected chi connectivity index (χ3v) is 4.34. The molecule has 0 aliphatic rings. The summed E-state index contributed by atoms with van der Waals surface area (Å²) in [5.74, 6) is 0.114. The zero-order chi connectivity index (χ0) is 12.9. The van der Waals surface area contributed by atoms with Crippen molar-refractivity contribution in [1.82, 2.24) is 4.98 Å². The fourth-order valence-corrected chi connectivity index (χ4v) is 3.39. The van der Waals surface area contributed by atoms with Crippen molar-refractivity contribution in [3.05, 3.63) is 23.5 Å². The van der Waals surface area contributed by atoms with E-state index in [0.717, 1.165) is 0 Å². The number of hydrogen-bond acceptors (Lipinski definition) is 6. The maximum Gasteiger partial charge on any atom is 0.309 e. The van der Waals surface area contributed by atoms with E-state index in [9.17, 15) is 8.42 Å². The Bertz CT molecular complexity index is 476. The number of nitrogens with zero attached hydrogens (tertiary/aromatic N) is 1. The van der Waals surface area contributed by atoms with Crippen molar-refractivity contribution in [2.45, 2.75) is 13.5 Å². The van der Waals surface area contributed by atoms with E-state index in [1.807, 2.05) is 22.6 Å². The number of rotatable bonds is 6. The first-order chi connectivity index (χ1) is 7.98. The molecule has 1 aromatic rings. The summed E-state index contributed by atoms with van der Waals surface area (Å²) < 4.78 is 28.1. The van der Waals surface area contributed by atoms with E-state index in [1.165, 1.54) is 12.3 Å². The van der Waals surface area contributed by atoms with Crippen LogP contribution in [0.5, 0.6) is 5.75 Å². The van der Waals surface area contributed by atoms with Crippen LogP contribution in [-0.4, -0.2) is 28.8 Å². The van der Waals surface area contributed by atoms with Crippen LogP contribution in [0.2, 0.25) is 0 Å². The smallest absolute Gasteiger partial charge is 0.309 e. The van der Waals surface area contributed by atoms with Crippen molar-refractivity contribution in [3.63, 3.8) is 0 Å². The van der Waals surface area contributed by atoms with E-state index >= 15 is 0 Å². The van der Waals surface area contributed by atoms with Gasteiger partial charge in [0.1, 0.15) is 6.61 Å². The molecule has 0 aliphatic carbocycles. The summed E-state index contributed by atoms with van der Waals surface area (Å²) in [7, 11) is -3.55. The lowest BCUT2D eigenvalue weighted by molar-refractivity contribution is -0.253. The Morgan fingerprint density at radius 3 is 2.76 bits per heavy atom. The standard InChI is InChI=1S/C9H12INO5S/c1-7-4-8(5-11-9(7)6-15-12)16-17(13,14)3-2-10/h4-5,12H,2-3,6H2,1H3. The molecule has 0 bridgehead atoms. The number of pyridine rings is 1. The molecule has 0 aliphatic heterocycles. The van der Waals surface area contributed by atoms with Crippen LogP contribution in [0.4, 0.5) is 0 Å². The summed E-state index contributed by atoms with van der Waals surface area (Å²) in [5.41, 5.74) is 1.20. The summed E-state index contributed by atoms with van der Waals surface area (Å²) in [5, 5.41) is 8.30. The minimum Gasteiger partial charge on any atom is -0.381 e. The normalized spacial score (nSPS) is 11.5. The van der Waals surface area contributed by atoms with Gasteiger partial charge in [0.2, 0.25) is 0 Å². The highest BCUT2D eigenvalue weighted by molar-refractivity contribution is 14.1. The van der Waals surface area contributed by atoms with E-state index in [0.29, 0.717) is 15.7 Å². The topological polar surface area (TPSA) is 85.7 Å². The van der Waals surface area contributed by atoms with Gasteiger partial charge in [-0.3, -0.25) is 10.2 Å². The average molecular weight is 373 g/mol. The van der Waals surface area contributed by atoms with Gasteiger partial charge in [0.15, 0.2) is 5.75 Å². The van der Waals surface area contributed by atoms with Gasteiger partial charge in [0, 0.05) is 4.43 Å². The second kappa shape index (κ2) is 6.47. The molecule has 0 aromatic carbocycles. The molecule has 0 saturated carbocycles. The lowest BCUT2D eigenvalue weighted by Gasteiger charge is -2.08. The van der Waals surface area contributed by atoms with Crippen molar-refractivity contribution < 1.29 is 22.7 Å². The van der Waals surface area contributed by atoms with Gasteiger partial charge in [-0.25, -0.2) is 4.89 Å². The monoisotopic (exact) mass is 373 g/mol. The average Bonchev–Trinajstić information content (AvgIpc) is 2.21. The lowest BCUT2D eigenvalue weighted by Crippen LogP contribution is -2.15. The van der Waals surface area contributed by atoms with Crippen LogP contribution in [0, 0.1) is 6.92 Å². The Morgan fingerprint density at radius 1 is 1.53 bits per heavy atom. The summed E-state index contributed by atoms with van der Waals surface area (Å²) in [6.45, 7) is 1.67. The van der Waals surface area contributed by atoms with E-state index < -0.39 is 10.1 Å². The molecule has 6 nitrogen and oxygen atoms in total. The number of aromatic nitrogens is 1. The van der Waals surface area contributed by atoms with Crippen LogP contribution in [0.15, 0.2) is 12.3 Å². The van der Waals surface area contributed by atoms with Crippen LogP contribution in [-0.2, 0) is 21.6 Å². The molecule has 1 N–H and O–H groups in total. The molecule has 17 heavy (non-hydrogen) atoms. The predicted molar refractivity (Wildman–Crippen MR) is 69.7 cm³/mol. The van der Waals surface area contributed by atoms with Crippen molar-refractivity contribution >= 4 is 32.7 Å². The van der Waals surface area contributed by atoms with Crippen molar-refractivity contribution in [1.29, 1.82) is 0 Å². The van der Waals surface area contributed by atoms with Crippen LogP contribution in [0.25, 0.3) is 0 Å². The first kappa shape index (κ1) is 14.6. The zero-order valence-corrected chi connectivity index (χ0v) is 12.1. The highest BCUT2D eigenvalue weighted by Crippen LogP contribution is 2.17. The molecule has 0 radical (unpaired) electrons. The van der Waals surface area contributed by atoms with Crippen LogP contribution in [0.3, 0.4) is 0 Å². The number of alkyl halides is 1. The predicted octanol–water partition coefficient (Wildman–Crippen LogP) is 1.52. The summed E-state index contributed by atoms with van der Waals surface area (Å²) in [4.78, 5) is 7.90. The molecule has 0 amide bonds. The Balaban J connectivity index is 2.84. The van der Waals surface area contributed by atoms with Crippen molar-refractivity contribution in [3.8, 4) is 5.75 Å². The lowest BCUT2D eigenvalue weighted by atomic mass is 10.2. The second-order valence-corrected chi connectivity index (χ2v) is 6.01. The molecule has 96 valence electrons. The fraction of sp³-hybridized carbons (Fsp3) is 0.444. The molecule has 1 aromatic heterocycles. The fourth-order valence-electron chi connectivity index (χ4n) is 1.12. The van der Waals surface area contributed by atoms with E-state index in [-0.39, 0.29) is 18.1 Å². The zero-order valence-electron chi connectivity index (χ0n) is 9.09. The molecule has 0 fully saturated rings. The Labute approximate surface area is 113 Å². The number of halogens is 1. The van der Waals surface area contributed by atoms with Crippen LogP contribution in [0.1, 0.15) is 11.3 Å². The largest absolute Gasteiger partial charge is 0.381 e. The minimum atomic E-state index is -3.55. The third-order valence-electron chi connectivity index (χ3n) is 1.91. The summed E-state index contributed by atoms with van der Waals surface area (Å²) >= 11 is 1.96. The molecule has 1 heterocycles. The maximum absolute atomic E-state index is 11.4. The van der Waals surface area contributed by atoms with Gasteiger partial charge in [-0.1, -0.05) is 22.6 Å². The maximum atomic E-state index is 11.4. The third kappa shape index (κ3) is 4.74. The first-order valence-corrected chi connectivity index (χ1v) is 7.79. The molecule has 0 spiro atoms. The molecule has 0 unspecified atom stereocenters. The summed E-state index contributed by atoms with van der Waals surface area (Å²) in [6, 6.07) is 1.53. The SMILES string of the molecule is Cc1cc(OS(=O)(=O)CCI)cnc1COO. The molecule has 8 heteroatoms. The first-order valence-electron chi connectivity index (χ1n) is 4.68. The highest BCUT2D eigenvalue weighted by atomic mass is 127. The van der Waals surface area contributed by atoms with E-state index in [2.05, 4.69) is 9.87 Å². The number of aryl methyl sites for hydroxylation is 1. The van der Waals surface area contributed by atoms with E-state index in [1.54, 1.807) is 6.92 Å². The van der Waals surface area contributed by atoms with Gasteiger partial charge in [-0.15, -0.1) is 0 Å². The Hall–Kier alpha value is -0.450. The second-order valence-electron chi connectivity index (χ2n) is 3.24. The summed E-state index contributed by atoms with van der Waals surface area (Å²) in [6.07, 6.45) is 1.28. The van der Waals surface area contributed by atoms with Gasteiger partial charge in [-0.05, 0) is 18.6 Å². The Morgan fingerprint density at radius 2 is 2.24 bits per heavy atom. The van der Waals surface area contributed by atoms with Crippen LogP contribution >= 0.6 is 22.6 Å². The van der Waals surface area contributed by atoms with Gasteiger partial charge in [0.05, 0.1) is 17.6 Å². The van der Waals surface area contributed by atoms with Crippen LogP contribution < -0.4 is 4.18 Å². The van der Waals surface area contributed by atoms with Gasteiger partial charge < -0.3 is 4.18 Å². The molecule has 1 rings (SSSR count). The molecule has 0 saturated heterocycles. The minimum absolute atomic E-state index is 0.0475. The number of hydrogen-bond donors (Lipinski definition) is 1. The molecule has 0 atom stereocenters. The van der Waals surface area contributed by atoms with Gasteiger partial charge >= 0.3 is 10.1 Å². The Kier molecular flexibility index (Phi) is 5.56.